The van der Waals surface area contributed by atoms with Crippen molar-refractivity contribution in [3.63, 3.8) is 0 Å². The summed E-state index contributed by atoms with van der Waals surface area (Å²) in [6.07, 6.45) is 5.96. The molecule has 2 aliphatic rings. The van der Waals surface area contributed by atoms with Gasteiger partial charge >= 0.3 is 0 Å². The Morgan fingerprint density at radius 2 is 1.78 bits per heavy atom. The molecular weight excluding hydrogens is 472 g/mol. The summed E-state index contributed by atoms with van der Waals surface area (Å²) in [5.74, 6) is -0.671. The molecule has 7 nitrogen and oxygen atoms in total. The maximum Gasteiger partial charge on any atom is 0.259 e. The first-order valence-electron chi connectivity index (χ1n) is 12.4. The van der Waals surface area contributed by atoms with Crippen molar-refractivity contribution in [2.45, 2.75) is 38.3 Å². The number of piperidine rings is 1. The number of benzene rings is 1. The Hall–Kier alpha value is -3.20. The van der Waals surface area contributed by atoms with E-state index in [1.165, 1.54) is 0 Å². The average Bonchev–Trinajstić information content (AvgIpc) is 3.62. The van der Waals surface area contributed by atoms with E-state index in [4.69, 9.17) is 4.74 Å². The van der Waals surface area contributed by atoms with Crippen molar-refractivity contribution in [2.75, 3.05) is 26.7 Å². The number of H-pyrrole nitrogens is 1. The third kappa shape index (κ3) is 3.80. The number of hydrogen-bond donors (Lipinski definition) is 2. The van der Waals surface area contributed by atoms with Gasteiger partial charge in [0.25, 0.3) is 11.8 Å². The highest BCUT2D eigenvalue weighted by molar-refractivity contribution is 7.17. The van der Waals surface area contributed by atoms with Gasteiger partial charge in [0.05, 0.1) is 27.0 Å². The van der Waals surface area contributed by atoms with Gasteiger partial charge in [-0.25, -0.2) is 0 Å². The minimum absolute atomic E-state index is 0.169. The van der Waals surface area contributed by atoms with E-state index in [0.717, 1.165) is 64.7 Å². The van der Waals surface area contributed by atoms with Crippen molar-refractivity contribution in [2.24, 2.45) is 0 Å². The lowest BCUT2D eigenvalue weighted by Crippen LogP contribution is -2.44. The molecule has 2 amide bonds. The summed E-state index contributed by atoms with van der Waals surface area (Å²) < 4.78 is 8.94. The Morgan fingerprint density at radius 1 is 1.06 bits per heavy atom. The van der Waals surface area contributed by atoms with Crippen LogP contribution in [0.1, 0.15) is 43.9 Å². The van der Waals surface area contributed by atoms with Crippen LogP contribution < -0.4 is 5.32 Å². The number of aromatic amines is 1. The quantitative estimate of drug-likeness (QED) is 0.371. The number of ether oxygens (including phenoxy) is 1. The minimum Gasteiger partial charge on any atom is -0.377 e. The van der Waals surface area contributed by atoms with E-state index in [2.05, 4.69) is 51.9 Å². The van der Waals surface area contributed by atoms with Crippen LogP contribution >= 0.6 is 11.3 Å². The Kier molecular flexibility index (Phi) is 5.63. The summed E-state index contributed by atoms with van der Waals surface area (Å²) >= 11 is 1.57. The number of para-hydroxylation sites is 1. The number of methoxy groups -OCH3 is 1. The van der Waals surface area contributed by atoms with Gasteiger partial charge in [-0.3, -0.25) is 14.9 Å². The molecule has 0 aliphatic carbocycles. The minimum atomic E-state index is -0.338. The lowest BCUT2D eigenvalue weighted by molar-refractivity contribution is -0.122. The monoisotopic (exact) mass is 502 g/mol. The van der Waals surface area contributed by atoms with E-state index in [1.807, 2.05) is 29.8 Å². The normalized spacial score (nSPS) is 18.2. The van der Waals surface area contributed by atoms with Gasteiger partial charge in [0.1, 0.15) is 0 Å². The number of hydrogen-bond acceptors (Lipinski definition) is 5. The van der Waals surface area contributed by atoms with Crippen molar-refractivity contribution < 1.29 is 14.3 Å². The van der Waals surface area contributed by atoms with Crippen LogP contribution in [0.15, 0.2) is 48.1 Å². The van der Waals surface area contributed by atoms with Crippen molar-refractivity contribution in [3.05, 3.63) is 59.2 Å². The Bertz CT molecular complexity index is 1510. The first-order chi connectivity index (χ1) is 17.4. The van der Waals surface area contributed by atoms with Crippen molar-refractivity contribution in [1.82, 2.24) is 19.8 Å². The molecule has 1 saturated heterocycles. The van der Waals surface area contributed by atoms with Gasteiger partial charge in [-0.2, -0.15) is 0 Å². The lowest BCUT2D eigenvalue weighted by atomic mass is 9.97. The standard InChI is InChI=1S/C28H30N4O3S/c1-28(2,35-3)16-31-11-8-17(9-12-31)32-15-20(18-6-4-5-7-22(18)32)24-23(26(33)30-27(24)34)19-14-29-21-10-13-36-25(19)21/h4-7,10,13-15,17,29H,8-9,11-12,16H2,1-3H3,(H,30,33,34). The number of nitrogens with one attached hydrogen (secondary N) is 2. The lowest BCUT2D eigenvalue weighted by Gasteiger charge is -2.37. The van der Waals surface area contributed by atoms with Gasteiger partial charge in [-0.05, 0) is 44.2 Å². The molecule has 0 radical (unpaired) electrons. The molecule has 0 atom stereocenters. The van der Waals surface area contributed by atoms with Gasteiger partial charge in [0, 0.05) is 67.2 Å². The molecule has 3 aromatic heterocycles. The van der Waals surface area contributed by atoms with Crippen LogP contribution in [0.5, 0.6) is 0 Å². The molecule has 1 fully saturated rings. The molecule has 36 heavy (non-hydrogen) atoms. The summed E-state index contributed by atoms with van der Waals surface area (Å²) in [6, 6.07) is 10.5. The summed E-state index contributed by atoms with van der Waals surface area (Å²) in [5.41, 5.74) is 4.41. The summed E-state index contributed by atoms with van der Waals surface area (Å²) in [7, 11) is 1.77. The number of carbonyl (C=O) groups excluding carboxylic acids is 2. The van der Waals surface area contributed by atoms with Gasteiger partial charge in [-0.1, -0.05) is 18.2 Å². The van der Waals surface area contributed by atoms with Crippen molar-refractivity contribution in [1.29, 1.82) is 0 Å². The summed E-state index contributed by atoms with van der Waals surface area (Å²) in [6.45, 7) is 7.13. The van der Waals surface area contributed by atoms with Crippen molar-refractivity contribution >= 4 is 55.4 Å². The molecule has 1 aromatic carbocycles. The highest BCUT2D eigenvalue weighted by atomic mass is 32.1. The number of carbonyl (C=O) groups is 2. The molecule has 0 unspecified atom stereocenters. The largest absolute Gasteiger partial charge is 0.377 e. The van der Waals surface area contributed by atoms with E-state index in [9.17, 15) is 9.59 Å². The van der Waals surface area contributed by atoms with Gasteiger partial charge in [0.2, 0.25) is 0 Å². The predicted octanol–water partition coefficient (Wildman–Crippen LogP) is 4.81. The fraction of sp³-hybridized carbons (Fsp3) is 0.357. The molecule has 5 heterocycles. The average molecular weight is 503 g/mol. The highest BCUT2D eigenvalue weighted by Gasteiger charge is 2.36. The molecule has 2 N–H and O–H groups in total. The highest BCUT2D eigenvalue weighted by Crippen LogP contribution is 2.41. The number of nitrogens with zero attached hydrogens (tertiary/aromatic N) is 2. The third-order valence-electron chi connectivity index (χ3n) is 7.60. The van der Waals surface area contributed by atoms with Gasteiger partial charge < -0.3 is 19.2 Å². The second-order valence-electron chi connectivity index (χ2n) is 10.3. The fourth-order valence-electron chi connectivity index (χ4n) is 5.67. The number of amides is 2. The molecule has 6 rings (SSSR count). The maximum absolute atomic E-state index is 13.2. The third-order valence-corrected chi connectivity index (χ3v) is 8.55. The van der Waals surface area contributed by atoms with Crippen LogP contribution in [0.3, 0.4) is 0 Å². The molecule has 0 saturated carbocycles. The molecular formula is C28H30N4O3S. The zero-order valence-electron chi connectivity index (χ0n) is 20.8. The second-order valence-corrected chi connectivity index (χ2v) is 11.3. The Labute approximate surface area is 213 Å². The van der Waals surface area contributed by atoms with E-state index in [0.29, 0.717) is 17.2 Å². The number of fused-ring (bicyclic) bond motifs is 2. The molecule has 0 spiro atoms. The van der Waals surface area contributed by atoms with Gasteiger partial charge in [0.15, 0.2) is 0 Å². The fourth-order valence-corrected chi connectivity index (χ4v) is 6.55. The molecule has 0 bridgehead atoms. The summed E-state index contributed by atoms with van der Waals surface area (Å²) in [4.78, 5) is 31.9. The Morgan fingerprint density at radius 3 is 2.53 bits per heavy atom. The number of likely N-dealkylation sites (tertiary alicyclic amines) is 1. The summed E-state index contributed by atoms with van der Waals surface area (Å²) in [5, 5.41) is 5.55. The Balaban J connectivity index is 1.41. The van der Waals surface area contributed by atoms with Crippen LogP contribution in [-0.4, -0.2) is 58.6 Å². The number of imide groups is 1. The number of thiophene rings is 1. The zero-order chi connectivity index (χ0) is 25.0. The number of aromatic nitrogens is 2. The van der Waals surface area contributed by atoms with E-state index < -0.39 is 0 Å². The number of rotatable bonds is 6. The SMILES string of the molecule is COC(C)(C)CN1CCC(n2cc(C3=C(c4c[nH]c5ccsc45)C(=O)NC3=O)c3ccccc32)CC1. The van der Waals surface area contributed by atoms with Crippen LogP contribution in [-0.2, 0) is 14.3 Å². The topological polar surface area (TPSA) is 79.4 Å². The maximum atomic E-state index is 13.2. The zero-order valence-corrected chi connectivity index (χ0v) is 21.6. The molecule has 4 aromatic rings. The van der Waals surface area contributed by atoms with Crippen LogP contribution in [0.2, 0.25) is 0 Å². The van der Waals surface area contributed by atoms with Crippen LogP contribution in [0, 0.1) is 0 Å². The van der Waals surface area contributed by atoms with Crippen LogP contribution in [0.4, 0.5) is 0 Å². The van der Waals surface area contributed by atoms with Crippen molar-refractivity contribution in [3.8, 4) is 0 Å². The first-order valence-corrected chi connectivity index (χ1v) is 13.3. The van der Waals surface area contributed by atoms with E-state index >= 15 is 0 Å². The predicted molar refractivity (Wildman–Crippen MR) is 144 cm³/mol. The van der Waals surface area contributed by atoms with E-state index in [-0.39, 0.29) is 17.4 Å². The first kappa shape index (κ1) is 23.2. The van der Waals surface area contributed by atoms with E-state index in [1.54, 1.807) is 18.4 Å². The molecule has 8 heteroatoms. The smallest absolute Gasteiger partial charge is 0.259 e. The second kappa shape index (κ2) is 8.73. The molecule has 186 valence electrons. The molecule has 2 aliphatic heterocycles. The van der Waals surface area contributed by atoms with Crippen LogP contribution in [0.25, 0.3) is 32.3 Å². The van der Waals surface area contributed by atoms with Gasteiger partial charge in [-0.15, -0.1) is 11.3 Å².